The number of ether oxygens (including phenoxy) is 2. The molecule has 0 rings (SSSR count). The Morgan fingerprint density at radius 3 is 1.90 bits per heavy atom. The van der Waals surface area contributed by atoms with Crippen molar-refractivity contribution in [1.82, 2.24) is 0 Å². The molecule has 0 saturated heterocycles. The average Bonchev–Trinajstić information content (AvgIpc) is 2.46. The number of esters is 2. The minimum absolute atomic E-state index is 0.0635. The first kappa shape index (κ1) is 17.8. The number of hydrogen-bond donors (Lipinski definition) is 1. The number of nitrogens with zero attached hydrogens (tertiary/aromatic N) is 1. The molecule has 0 fully saturated rings. The van der Waals surface area contributed by atoms with E-state index in [-0.39, 0.29) is 26.1 Å². The summed E-state index contributed by atoms with van der Waals surface area (Å²) in [7, 11) is 0. The molecule has 0 atom stereocenters. The monoisotopic (exact) mass is 283 g/mol. The molecule has 0 unspecified atom stereocenters. The molecule has 7 heteroatoms. The summed E-state index contributed by atoms with van der Waals surface area (Å²) in [5.74, 6) is -1.24. The summed E-state index contributed by atoms with van der Waals surface area (Å²) in [6.45, 7) is 5.87. The Morgan fingerprint density at radius 2 is 1.60 bits per heavy atom. The molecular formula is C13H17NO6. The topological polar surface area (TPSA) is 102 Å². The van der Waals surface area contributed by atoms with Gasteiger partial charge in [-0.05, 0) is 0 Å². The largest absolute Gasteiger partial charge is 0.462 e. The second-order valence-electron chi connectivity index (χ2n) is 3.83. The van der Waals surface area contributed by atoms with Gasteiger partial charge in [-0.15, -0.1) is 0 Å². The molecule has 110 valence electrons. The lowest BCUT2D eigenvalue weighted by Crippen LogP contribution is -2.35. The van der Waals surface area contributed by atoms with Crippen molar-refractivity contribution < 1.29 is 29.0 Å². The molecule has 0 heterocycles. The van der Waals surface area contributed by atoms with Crippen LogP contribution in [0.1, 0.15) is 12.8 Å². The maximum absolute atomic E-state index is 10.9. The molecule has 0 aliphatic carbocycles. The molecule has 1 N–H and O–H groups in total. The molecule has 0 aromatic rings. The van der Waals surface area contributed by atoms with E-state index in [9.17, 15) is 19.5 Å². The second-order valence-corrected chi connectivity index (χ2v) is 3.83. The first-order valence-corrected chi connectivity index (χ1v) is 5.82. The van der Waals surface area contributed by atoms with Gasteiger partial charge in [-0.25, -0.2) is 14.4 Å². The Bertz CT molecular complexity index is 385. The van der Waals surface area contributed by atoms with Crippen LogP contribution in [0.3, 0.4) is 0 Å². The van der Waals surface area contributed by atoms with Crippen LogP contribution in [-0.4, -0.2) is 48.5 Å². The highest BCUT2D eigenvalue weighted by Crippen LogP contribution is 2.20. The van der Waals surface area contributed by atoms with Crippen molar-refractivity contribution in [2.75, 3.05) is 19.8 Å². The maximum Gasteiger partial charge on any atom is 0.330 e. The van der Waals surface area contributed by atoms with Crippen LogP contribution in [0.4, 0.5) is 0 Å². The summed E-state index contributed by atoms with van der Waals surface area (Å²) >= 11 is 0. The highest BCUT2D eigenvalue weighted by molar-refractivity contribution is 5.81. The normalized spacial score (nSPS) is 10.1. The molecule has 20 heavy (non-hydrogen) atoms. The number of carbonyl (C=O) groups is 2. The number of carbonyl (C=O) groups excluding carboxylic acids is 3. The molecule has 0 aromatic carbocycles. The first-order chi connectivity index (χ1) is 9.53. The number of aliphatic hydroxyl groups is 1. The van der Waals surface area contributed by atoms with Crippen LogP contribution in [0, 0.1) is 0 Å². The van der Waals surface area contributed by atoms with Gasteiger partial charge in [-0.2, -0.15) is 4.99 Å². The van der Waals surface area contributed by atoms with E-state index >= 15 is 0 Å². The second kappa shape index (κ2) is 9.66. The number of aliphatic hydroxyl groups excluding tert-OH is 1. The predicted molar refractivity (Wildman–Crippen MR) is 69.5 cm³/mol. The fourth-order valence-corrected chi connectivity index (χ4v) is 1.33. The van der Waals surface area contributed by atoms with Crippen LogP contribution in [-0.2, 0) is 23.9 Å². The summed E-state index contributed by atoms with van der Waals surface area (Å²) in [6, 6.07) is 0. The molecule has 7 nitrogen and oxygen atoms in total. The molecular weight excluding hydrogens is 266 g/mol. The van der Waals surface area contributed by atoms with E-state index in [0.717, 1.165) is 12.2 Å². The van der Waals surface area contributed by atoms with Crippen LogP contribution in [0.2, 0.25) is 0 Å². The minimum atomic E-state index is -1.20. The molecule has 0 spiro atoms. The molecule has 0 aliphatic heterocycles. The Hall–Kier alpha value is -2.24. The van der Waals surface area contributed by atoms with Gasteiger partial charge in [-0.1, -0.05) is 13.2 Å². The number of rotatable bonds is 10. The fraction of sp³-hybridized carbons (Fsp3) is 0.462. The van der Waals surface area contributed by atoms with Crippen molar-refractivity contribution in [3.63, 3.8) is 0 Å². The van der Waals surface area contributed by atoms with Crippen LogP contribution >= 0.6 is 0 Å². The Morgan fingerprint density at radius 1 is 1.15 bits per heavy atom. The molecule has 0 radical (unpaired) electrons. The van der Waals surface area contributed by atoms with Crippen LogP contribution in [0.15, 0.2) is 30.3 Å². The zero-order valence-corrected chi connectivity index (χ0v) is 11.0. The van der Waals surface area contributed by atoms with E-state index in [0.29, 0.717) is 0 Å². The third kappa shape index (κ3) is 6.63. The highest BCUT2D eigenvalue weighted by Gasteiger charge is 2.29. The van der Waals surface area contributed by atoms with Crippen LogP contribution in [0.25, 0.3) is 0 Å². The van der Waals surface area contributed by atoms with E-state index in [2.05, 4.69) is 18.2 Å². The molecule has 0 bridgehead atoms. The summed E-state index contributed by atoms with van der Waals surface area (Å²) < 4.78 is 9.52. The zero-order chi connectivity index (χ0) is 15.4. The SMILES string of the molecule is C=CC(=O)OCCC(CO)(CCOC(=O)C=C)N=C=O. The summed E-state index contributed by atoms with van der Waals surface area (Å²) in [5, 5.41) is 9.36. The van der Waals surface area contributed by atoms with Crippen molar-refractivity contribution in [1.29, 1.82) is 0 Å². The summed E-state index contributed by atoms with van der Waals surface area (Å²) in [5.41, 5.74) is -1.20. The Labute approximate surface area is 116 Å². The van der Waals surface area contributed by atoms with E-state index < -0.39 is 24.1 Å². The van der Waals surface area contributed by atoms with Gasteiger partial charge in [0.15, 0.2) is 0 Å². The Balaban J connectivity index is 4.52. The smallest absolute Gasteiger partial charge is 0.330 e. The third-order valence-electron chi connectivity index (χ3n) is 2.53. The number of isocyanates is 1. The summed E-state index contributed by atoms with van der Waals surface area (Å²) in [4.78, 5) is 35.8. The first-order valence-electron chi connectivity index (χ1n) is 5.82. The van der Waals surface area contributed by atoms with Crippen molar-refractivity contribution in [2.45, 2.75) is 18.4 Å². The maximum atomic E-state index is 10.9. The fourth-order valence-electron chi connectivity index (χ4n) is 1.33. The van der Waals surface area contributed by atoms with Gasteiger partial charge in [0, 0.05) is 25.0 Å². The minimum Gasteiger partial charge on any atom is -0.462 e. The van der Waals surface area contributed by atoms with Gasteiger partial charge in [-0.3, -0.25) is 0 Å². The Kier molecular flexibility index (Phi) is 8.58. The van der Waals surface area contributed by atoms with Crippen molar-refractivity contribution in [2.24, 2.45) is 4.99 Å². The van der Waals surface area contributed by atoms with Crippen molar-refractivity contribution >= 4 is 18.0 Å². The number of aliphatic imine (C=N–C) groups is 1. The molecule has 0 aromatic heterocycles. The van der Waals surface area contributed by atoms with Crippen LogP contribution in [0.5, 0.6) is 0 Å². The number of hydrogen-bond acceptors (Lipinski definition) is 7. The van der Waals surface area contributed by atoms with Crippen molar-refractivity contribution in [3.05, 3.63) is 25.3 Å². The predicted octanol–water partition coefficient (Wildman–Crippen LogP) is 0.292. The highest BCUT2D eigenvalue weighted by atomic mass is 16.5. The molecule has 0 saturated carbocycles. The third-order valence-corrected chi connectivity index (χ3v) is 2.53. The van der Waals surface area contributed by atoms with Gasteiger partial charge < -0.3 is 14.6 Å². The lowest BCUT2D eigenvalue weighted by atomic mass is 9.94. The van der Waals surface area contributed by atoms with Crippen LogP contribution < -0.4 is 0 Å². The molecule has 0 aliphatic rings. The standard InChI is InChI=1S/C13H17NO6/c1-3-11(17)19-7-5-13(9-15,14-10-16)6-8-20-12(18)4-2/h3-4,15H,1-2,5-9H2. The van der Waals surface area contributed by atoms with Gasteiger partial charge in [0.05, 0.1) is 19.8 Å². The zero-order valence-electron chi connectivity index (χ0n) is 11.0. The quantitative estimate of drug-likeness (QED) is 0.267. The average molecular weight is 283 g/mol. The lowest BCUT2D eigenvalue weighted by Gasteiger charge is -2.25. The van der Waals surface area contributed by atoms with E-state index in [1.165, 1.54) is 6.08 Å². The van der Waals surface area contributed by atoms with E-state index in [1.807, 2.05) is 0 Å². The van der Waals surface area contributed by atoms with Gasteiger partial charge in [0.2, 0.25) is 6.08 Å². The van der Waals surface area contributed by atoms with E-state index in [1.54, 1.807) is 0 Å². The van der Waals surface area contributed by atoms with Gasteiger partial charge >= 0.3 is 11.9 Å². The summed E-state index contributed by atoms with van der Waals surface area (Å²) in [6.07, 6.45) is 3.52. The lowest BCUT2D eigenvalue weighted by molar-refractivity contribution is -0.138. The molecule has 0 amide bonds. The van der Waals surface area contributed by atoms with Crippen molar-refractivity contribution in [3.8, 4) is 0 Å². The van der Waals surface area contributed by atoms with E-state index in [4.69, 9.17) is 9.47 Å². The van der Waals surface area contributed by atoms with Gasteiger partial charge in [0.25, 0.3) is 0 Å². The van der Waals surface area contributed by atoms with Gasteiger partial charge in [0.1, 0.15) is 5.54 Å².